The van der Waals surface area contributed by atoms with Gasteiger partial charge in [0.2, 0.25) is 0 Å². The Hall–Kier alpha value is -2.02. The van der Waals surface area contributed by atoms with Gasteiger partial charge in [-0.15, -0.1) is 5.10 Å². The molecule has 20 heavy (non-hydrogen) atoms. The van der Waals surface area contributed by atoms with E-state index in [0.717, 1.165) is 5.56 Å². The van der Waals surface area contributed by atoms with Crippen LogP contribution in [0.15, 0.2) is 40.3 Å². The Balaban J connectivity index is 2.30. The van der Waals surface area contributed by atoms with Gasteiger partial charge in [0, 0.05) is 7.05 Å². The fraction of sp³-hybridized carbons (Fsp3) is 0.308. The summed E-state index contributed by atoms with van der Waals surface area (Å²) in [5.41, 5.74) is 0.495. The standard InChI is InChI=1S/C13H15N3O3S/c1-3-19-11(17)10(9-7-5-4-6-8-9)20-13-15-14-12(18)16(13)2/h4-8,10H,3H2,1-2H3,(H,14,18). The quantitative estimate of drug-likeness (QED) is 0.668. The van der Waals surface area contributed by atoms with Gasteiger partial charge in [-0.05, 0) is 12.5 Å². The van der Waals surface area contributed by atoms with Gasteiger partial charge in [-0.1, -0.05) is 42.1 Å². The predicted octanol–water partition coefficient (Wildman–Crippen LogP) is 1.50. The molecule has 0 spiro atoms. The number of H-pyrrole nitrogens is 1. The van der Waals surface area contributed by atoms with Gasteiger partial charge >= 0.3 is 11.7 Å². The van der Waals surface area contributed by atoms with Gasteiger partial charge in [0.1, 0.15) is 5.25 Å². The SMILES string of the molecule is CCOC(=O)C(Sc1n[nH]c(=O)n1C)c1ccccc1. The number of esters is 1. The molecule has 0 aliphatic rings. The third-order valence-corrected chi connectivity index (χ3v) is 3.94. The molecule has 2 aromatic rings. The topological polar surface area (TPSA) is 77.0 Å². The van der Waals surface area contributed by atoms with Gasteiger partial charge in [-0.25, -0.2) is 9.89 Å². The molecule has 1 unspecified atom stereocenters. The van der Waals surface area contributed by atoms with Crippen molar-refractivity contribution in [3.8, 4) is 0 Å². The van der Waals surface area contributed by atoms with Crippen molar-refractivity contribution in [3.05, 3.63) is 46.4 Å². The van der Waals surface area contributed by atoms with Crippen LogP contribution >= 0.6 is 11.8 Å². The zero-order valence-electron chi connectivity index (χ0n) is 11.2. The first kappa shape index (κ1) is 14.4. The molecule has 0 radical (unpaired) electrons. The molecule has 0 saturated heterocycles. The van der Waals surface area contributed by atoms with Gasteiger partial charge in [-0.2, -0.15) is 0 Å². The zero-order valence-corrected chi connectivity index (χ0v) is 12.0. The average molecular weight is 293 g/mol. The first-order chi connectivity index (χ1) is 9.63. The fourth-order valence-corrected chi connectivity index (χ4v) is 2.65. The van der Waals surface area contributed by atoms with E-state index >= 15 is 0 Å². The van der Waals surface area contributed by atoms with Gasteiger partial charge in [0.25, 0.3) is 0 Å². The molecule has 0 aliphatic carbocycles. The van der Waals surface area contributed by atoms with Crippen molar-refractivity contribution < 1.29 is 9.53 Å². The van der Waals surface area contributed by atoms with E-state index in [1.165, 1.54) is 16.3 Å². The summed E-state index contributed by atoms with van der Waals surface area (Å²) in [6.45, 7) is 2.07. The van der Waals surface area contributed by atoms with E-state index in [-0.39, 0.29) is 11.7 Å². The Morgan fingerprint density at radius 2 is 2.15 bits per heavy atom. The largest absolute Gasteiger partial charge is 0.465 e. The van der Waals surface area contributed by atoms with E-state index in [1.54, 1.807) is 14.0 Å². The van der Waals surface area contributed by atoms with Crippen LogP contribution < -0.4 is 5.69 Å². The highest BCUT2D eigenvalue weighted by molar-refractivity contribution is 8.00. The van der Waals surface area contributed by atoms with Crippen LogP contribution in [-0.2, 0) is 16.6 Å². The molecule has 1 aromatic heterocycles. The molecular weight excluding hydrogens is 278 g/mol. The second-order valence-electron chi connectivity index (χ2n) is 4.03. The number of nitrogens with one attached hydrogen (secondary N) is 1. The summed E-state index contributed by atoms with van der Waals surface area (Å²) in [6.07, 6.45) is 0. The Morgan fingerprint density at radius 3 is 2.70 bits per heavy atom. The number of ether oxygens (including phenoxy) is 1. The summed E-state index contributed by atoms with van der Waals surface area (Å²) in [5.74, 6) is -0.348. The normalized spacial score (nSPS) is 12.1. The number of carbonyl (C=O) groups excluding carboxylic acids is 1. The Bertz CT molecular complexity index is 636. The molecule has 1 heterocycles. The molecule has 2 rings (SSSR count). The van der Waals surface area contributed by atoms with Crippen molar-refractivity contribution in [2.24, 2.45) is 7.05 Å². The second-order valence-corrected chi connectivity index (χ2v) is 5.10. The summed E-state index contributed by atoms with van der Waals surface area (Å²) in [7, 11) is 1.60. The van der Waals surface area contributed by atoms with Crippen molar-refractivity contribution in [2.75, 3.05) is 6.61 Å². The molecule has 0 saturated carbocycles. The number of nitrogens with zero attached hydrogens (tertiary/aromatic N) is 2. The number of rotatable bonds is 5. The highest BCUT2D eigenvalue weighted by Crippen LogP contribution is 2.34. The van der Waals surface area contributed by atoms with Crippen LogP contribution in [0.3, 0.4) is 0 Å². The highest BCUT2D eigenvalue weighted by atomic mass is 32.2. The van der Waals surface area contributed by atoms with Crippen LogP contribution in [0.1, 0.15) is 17.7 Å². The lowest BCUT2D eigenvalue weighted by Gasteiger charge is -2.14. The minimum Gasteiger partial charge on any atom is -0.465 e. The van der Waals surface area contributed by atoms with Crippen LogP contribution in [0.25, 0.3) is 0 Å². The molecule has 0 aliphatic heterocycles. The maximum absolute atomic E-state index is 12.1. The lowest BCUT2D eigenvalue weighted by Crippen LogP contribution is -2.16. The molecule has 106 valence electrons. The maximum Gasteiger partial charge on any atom is 0.343 e. The smallest absolute Gasteiger partial charge is 0.343 e. The van der Waals surface area contributed by atoms with E-state index in [1.807, 2.05) is 30.3 Å². The van der Waals surface area contributed by atoms with Crippen LogP contribution in [0.4, 0.5) is 0 Å². The van der Waals surface area contributed by atoms with Crippen LogP contribution in [0.5, 0.6) is 0 Å². The Kier molecular flexibility index (Phi) is 4.62. The van der Waals surface area contributed by atoms with Crippen molar-refractivity contribution in [3.63, 3.8) is 0 Å². The molecule has 6 nitrogen and oxygen atoms in total. The third-order valence-electron chi connectivity index (χ3n) is 2.67. The van der Waals surface area contributed by atoms with E-state index in [9.17, 15) is 9.59 Å². The number of benzene rings is 1. The van der Waals surface area contributed by atoms with E-state index in [0.29, 0.717) is 11.8 Å². The first-order valence-corrected chi connectivity index (χ1v) is 7.01. The van der Waals surface area contributed by atoms with E-state index in [4.69, 9.17) is 4.74 Å². The lowest BCUT2D eigenvalue weighted by atomic mass is 10.1. The van der Waals surface area contributed by atoms with Crippen LogP contribution in [0, 0.1) is 0 Å². The molecule has 1 N–H and O–H groups in total. The van der Waals surface area contributed by atoms with Crippen molar-refractivity contribution in [1.82, 2.24) is 14.8 Å². The molecular formula is C13H15N3O3S. The number of carbonyl (C=O) groups is 1. The monoisotopic (exact) mass is 293 g/mol. The molecule has 1 aromatic carbocycles. The number of thioether (sulfide) groups is 1. The maximum atomic E-state index is 12.1. The first-order valence-electron chi connectivity index (χ1n) is 6.13. The van der Waals surface area contributed by atoms with Gasteiger partial charge in [0.15, 0.2) is 5.16 Å². The van der Waals surface area contributed by atoms with Crippen molar-refractivity contribution in [2.45, 2.75) is 17.3 Å². The highest BCUT2D eigenvalue weighted by Gasteiger charge is 2.25. The number of hydrogen-bond donors (Lipinski definition) is 1. The summed E-state index contributed by atoms with van der Waals surface area (Å²) < 4.78 is 6.45. The number of hydrogen-bond acceptors (Lipinski definition) is 5. The summed E-state index contributed by atoms with van der Waals surface area (Å²) in [4.78, 5) is 23.5. The zero-order chi connectivity index (χ0) is 14.5. The van der Waals surface area contributed by atoms with Gasteiger partial charge in [0.05, 0.1) is 6.61 Å². The third kappa shape index (κ3) is 3.11. The van der Waals surface area contributed by atoms with Gasteiger partial charge in [-0.3, -0.25) is 9.36 Å². The second kappa shape index (κ2) is 6.42. The predicted molar refractivity (Wildman–Crippen MR) is 75.5 cm³/mol. The lowest BCUT2D eigenvalue weighted by molar-refractivity contribution is -0.142. The summed E-state index contributed by atoms with van der Waals surface area (Å²) >= 11 is 1.18. The summed E-state index contributed by atoms with van der Waals surface area (Å²) in [6, 6.07) is 9.27. The minimum atomic E-state index is -0.551. The number of aromatic nitrogens is 3. The molecule has 1 atom stereocenters. The van der Waals surface area contributed by atoms with Crippen molar-refractivity contribution in [1.29, 1.82) is 0 Å². The van der Waals surface area contributed by atoms with E-state index in [2.05, 4.69) is 10.2 Å². The Labute approximate surface area is 120 Å². The number of aromatic amines is 1. The molecule has 0 fully saturated rings. The van der Waals surface area contributed by atoms with E-state index < -0.39 is 5.25 Å². The van der Waals surface area contributed by atoms with Crippen molar-refractivity contribution >= 4 is 17.7 Å². The minimum absolute atomic E-state index is 0.308. The van der Waals surface area contributed by atoms with Crippen LogP contribution in [-0.4, -0.2) is 27.3 Å². The fourth-order valence-electron chi connectivity index (χ4n) is 1.64. The molecule has 0 bridgehead atoms. The average Bonchev–Trinajstić information content (AvgIpc) is 2.77. The van der Waals surface area contributed by atoms with Crippen LogP contribution in [0.2, 0.25) is 0 Å². The Morgan fingerprint density at radius 1 is 1.45 bits per heavy atom. The van der Waals surface area contributed by atoms with Gasteiger partial charge < -0.3 is 4.74 Å². The summed E-state index contributed by atoms with van der Waals surface area (Å²) in [5, 5.41) is 6.14. The molecule has 0 amide bonds. The molecule has 7 heteroatoms.